The van der Waals surface area contributed by atoms with Crippen molar-refractivity contribution in [3.63, 3.8) is 0 Å². The van der Waals surface area contributed by atoms with Crippen molar-refractivity contribution in [1.29, 1.82) is 0 Å². The quantitative estimate of drug-likeness (QED) is 0.713. The molecule has 0 saturated carbocycles. The van der Waals surface area contributed by atoms with E-state index < -0.39 is 10.0 Å². The molecule has 0 aliphatic carbocycles. The van der Waals surface area contributed by atoms with Gasteiger partial charge in [0.05, 0.1) is 37.6 Å². The summed E-state index contributed by atoms with van der Waals surface area (Å²) >= 11 is 1.53. The molecule has 0 radical (unpaired) electrons. The Morgan fingerprint density at radius 3 is 2.31 bits per heavy atom. The largest absolute Gasteiger partial charge is 0.493 e. The van der Waals surface area contributed by atoms with E-state index in [9.17, 15) is 13.2 Å². The molecular formula is C19H22N2O6S2. The third-order valence-electron chi connectivity index (χ3n) is 4.25. The third kappa shape index (κ3) is 4.54. The maximum Gasteiger partial charge on any atom is 0.261 e. The Kier molecular flexibility index (Phi) is 6.13. The van der Waals surface area contributed by atoms with Gasteiger partial charge in [0.15, 0.2) is 11.5 Å². The Morgan fingerprint density at radius 1 is 1.07 bits per heavy atom. The first-order valence-electron chi connectivity index (χ1n) is 8.70. The van der Waals surface area contributed by atoms with Crippen LogP contribution in [0.5, 0.6) is 17.2 Å². The van der Waals surface area contributed by atoms with Crippen LogP contribution in [0.2, 0.25) is 0 Å². The molecule has 1 unspecified atom stereocenters. The lowest BCUT2D eigenvalue weighted by atomic mass is 10.2. The number of carbonyl (C=O) groups is 1. The van der Waals surface area contributed by atoms with Crippen molar-refractivity contribution in [2.75, 3.05) is 31.4 Å². The highest BCUT2D eigenvalue weighted by molar-refractivity contribution is 8.00. The Balaban J connectivity index is 1.96. The molecule has 2 aromatic carbocycles. The number of nitrogens with one attached hydrogen (secondary N) is 2. The standard InChI is InChI=1S/C19H22N2O6S2/c1-11-7-18(22)20-14-10-13(5-6-17(14)28-11)29(23,24)21-12-8-15(25-2)19(27-4)16(9-12)26-3/h5-6,8-11,21H,7H2,1-4H3,(H,20,22). The van der Waals surface area contributed by atoms with E-state index in [0.717, 1.165) is 4.90 Å². The summed E-state index contributed by atoms with van der Waals surface area (Å²) in [5.41, 5.74) is 0.735. The number of hydrogen-bond acceptors (Lipinski definition) is 7. The van der Waals surface area contributed by atoms with Crippen LogP contribution in [0.15, 0.2) is 40.1 Å². The van der Waals surface area contributed by atoms with Gasteiger partial charge in [-0.15, -0.1) is 11.8 Å². The number of methoxy groups -OCH3 is 3. The van der Waals surface area contributed by atoms with Crippen LogP contribution in [-0.2, 0) is 14.8 Å². The highest BCUT2D eigenvalue weighted by atomic mass is 32.2. The second-order valence-electron chi connectivity index (χ2n) is 6.36. The number of benzene rings is 2. The van der Waals surface area contributed by atoms with Crippen LogP contribution in [0.1, 0.15) is 13.3 Å². The normalized spacial score (nSPS) is 16.3. The topological polar surface area (TPSA) is 103 Å². The smallest absolute Gasteiger partial charge is 0.261 e. The van der Waals surface area contributed by atoms with E-state index in [1.807, 2.05) is 6.92 Å². The fourth-order valence-corrected chi connectivity index (χ4v) is 5.07. The van der Waals surface area contributed by atoms with Gasteiger partial charge in [-0.3, -0.25) is 9.52 Å². The van der Waals surface area contributed by atoms with Gasteiger partial charge in [-0.05, 0) is 18.2 Å². The van der Waals surface area contributed by atoms with Crippen molar-refractivity contribution in [2.45, 2.75) is 28.4 Å². The van der Waals surface area contributed by atoms with Crippen LogP contribution in [0.4, 0.5) is 11.4 Å². The average Bonchev–Trinajstić information content (AvgIpc) is 2.82. The zero-order valence-corrected chi connectivity index (χ0v) is 18.1. The first-order valence-corrected chi connectivity index (χ1v) is 11.1. The number of amides is 1. The Morgan fingerprint density at radius 2 is 1.72 bits per heavy atom. The number of anilines is 2. The molecule has 29 heavy (non-hydrogen) atoms. The molecule has 10 heteroatoms. The van der Waals surface area contributed by atoms with E-state index in [1.165, 1.54) is 57.4 Å². The summed E-state index contributed by atoms with van der Waals surface area (Å²) in [6.07, 6.45) is 0.366. The van der Waals surface area contributed by atoms with Gasteiger partial charge >= 0.3 is 0 Å². The molecule has 2 N–H and O–H groups in total. The lowest BCUT2D eigenvalue weighted by Gasteiger charge is -2.16. The van der Waals surface area contributed by atoms with Crippen LogP contribution in [0, 0.1) is 0 Å². The molecule has 1 aliphatic rings. The van der Waals surface area contributed by atoms with Crippen molar-refractivity contribution >= 4 is 39.1 Å². The lowest BCUT2D eigenvalue weighted by molar-refractivity contribution is -0.116. The lowest BCUT2D eigenvalue weighted by Crippen LogP contribution is -2.15. The number of fused-ring (bicyclic) bond motifs is 1. The van der Waals surface area contributed by atoms with Gasteiger partial charge in [0.1, 0.15) is 0 Å². The van der Waals surface area contributed by atoms with E-state index in [1.54, 1.807) is 6.07 Å². The molecule has 2 aromatic rings. The molecule has 0 saturated heterocycles. The van der Waals surface area contributed by atoms with E-state index in [-0.39, 0.29) is 21.7 Å². The molecular weight excluding hydrogens is 416 g/mol. The summed E-state index contributed by atoms with van der Waals surface area (Å²) in [6.45, 7) is 1.95. The van der Waals surface area contributed by atoms with Gasteiger partial charge in [-0.25, -0.2) is 8.42 Å². The summed E-state index contributed by atoms with van der Waals surface area (Å²) in [7, 11) is 0.439. The second kappa shape index (κ2) is 8.42. The number of hydrogen-bond donors (Lipinski definition) is 2. The zero-order valence-electron chi connectivity index (χ0n) is 16.4. The highest BCUT2D eigenvalue weighted by Gasteiger charge is 2.23. The predicted octanol–water partition coefficient (Wildman–Crippen LogP) is 3.34. The van der Waals surface area contributed by atoms with Crippen LogP contribution in [0.25, 0.3) is 0 Å². The fourth-order valence-electron chi connectivity index (χ4n) is 2.95. The molecule has 3 rings (SSSR count). The molecule has 0 spiro atoms. The number of carbonyl (C=O) groups excluding carboxylic acids is 1. The van der Waals surface area contributed by atoms with Crippen LogP contribution in [0.3, 0.4) is 0 Å². The SMILES string of the molecule is COc1cc(NS(=O)(=O)c2ccc3c(c2)NC(=O)CC(C)S3)cc(OC)c1OC. The van der Waals surface area contributed by atoms with Crippen molar-refractivity contribution in [2.24, 2.45) is 0 Å². The van der Waals surface area contributed by atoms with Gasteiger partial charge in [0, 0.05) is 28.7 Å². The summed E-state index contributed by atoms with van der Waals surface area (Å²) in [5, 5.41) is 2.88. The van der Waals surface area contributed by atoms with Gasteiger partial charge in [0.2, 0.25) is 11.7 Å². The maximum absolute atomic E-state index is 12.9. The van der Waals surface area contributed by atoms with E-state index in [2.05, 4.69) is 10.0 Å². The van der Waals surface area contributed by atoms with Gasteiger partial charge in [-0.2, -0.15) is 0 Å². The third-order valence-corrected chi connectivity index (χ3v) is 6.81. The first kappa shape index (κ1) is 21.1. The molecule has 156 valence electrons. The highest BCUT2D eigenvalue weighted by Crippen LogP contribution is 2.41. The van der Waals surface area contributed by atoms with E-state index in [0.29, 0.717) is 29.4 Å². The van der Waals surface area contributed by atoms with Crippen LogP contribution < -0.4 is 24.2 Å². The predicted molar refractivity (Wildman–Crippen MR) is 112 cm³/mol. The molecule has 0 fully saturated rings. The monoisotopic (exact) mass is 438 g/mol. The molecule has 1 amide bonds. The van der Waals surface area contributed by atoms with Gasteiger partial charge < -0.3 is 19.5 Å². The van der Waals surface area contributed by atoms with E-state index in [4.69, 9.17) is 14.2 Å². The van der Waals surface area contributed by atoms with Gasteiger partial charge in [0.25, 0.3) is 10.0 Å². The summed E-state index contributed by atoms with van der Waals surface area (Å²) in [6, 6.07) is 7.67. The second-order valence-corrected chi connectivity index (χ2v) is 9.52. The maximum atomic E-state index is 12.9. The van der Waals surface area contributed by atoms with Crippen molar-refractivity contribution in [3.8, 4) is 17.2 Å². The molecule has 1 heterocycles. The molecule has 1 atom stereocenters. The Bertz CT molecular complexity index is 1010. The number of ether oxygens (including phenoxy) is 3. The molecule has 0 aromatic heterocycles. The Hall–Kier alpha value is -2.59. The van der Waals surface area contributed by atoms with Crippen LogP contribution >= 0.6 is 11.8 Å². The average molecular weight is 439 g/mol. The number of rotatable bonds is 6. The zero-order chi connectivity index (χ0) is 21.2. The van der Waals surface area contributed by atoms with Gasteiger partial charge in [-0.1, -0.05) is 6.92 Å². The molecule has 8 nitrogen and oxygen atoms in total. The minimum Gasteiger partial charge on any atom is -0.493 e. The summed E-state index contributed by atoms with van der Waals surface area (Å²) in [5.74, 6) is 0.862. The summed E-state index contributed by atoms with van der Waals surface area (Å²) < 4.78 is 44.1. The Labute approximate surface area is 174 Å². The fraction of sp³-hybridized carbons (Fsp3) is 0.316. The van der Waals surface area contributed by atoms with Crippen molar-refractivity contribution in [3.05, 3.63) is 30.3 Å². The minimum atomic E-state index is -3.92. The van der Waals surface area contributed by atoms with Crippen molar-refractivity contribution < 1.29 is 27.4 Å². The minimum absolute atomic E-state index is 0.0282. The number of thioether (sulfide) groups is 1. The summed E-state index contributed by atoms with van der Waals surface area (Å²) in [4.78, 5) is 12.8. The van der Waals surface area contributed by atoms with Crippen LogP contribution in [-0.4, -0.2) is 40.9 Å². The molecule has 0 bridgehead atoms. The van der Waals surface area contributed by atoms with E-state index >= 15 is 0 Å². The first-order chi connectivity index (χ1) is 13.8. The number of sulfonamides is 1. The van der Waals surface area contributed by atoms with Crippen molar-refractivity contribution in [1.82, 2.24) is 0 Å². The molecule has 1 aliphatic heterocycles.